The van der Waals surface area contributed by atoms with Crippen molar-refractivity contribution in [2.24, 2.45) is 5.92 Å². The lowest BCUT2D eigenvalue weighted by Gasteiger charge is -1.97. The van der Waals surface area contributed by atoms with Crippen molar-refractivity contribution in [2.75, 3.05) is 12.4 Å². The molecule has 2 aromatic rings. The maximum Gasteiger partial charge on any atom is 0.341 e. The second-order valence-corrected chi connectivity index (χ2v) is 6.59. The standard InChI is InChI=1S/C16H19N3O4S/c1-9(2)7-14-18-19-16(24-14)17-13(20)6-5-11-8-12(10(3)23-11)15(21)22-4/h5-6,8-9H,7H2,1-4H3,(H,17,19,20). The first-order valence-corrected chi connectivity index (χ1v) is 8.21. The largest absolute Gasteiger partial charge is 0.465 e. The average Bonchev–Trinajstić information content (AvgIpc) is 3.10. The highest BCUT2D eigenvalue weighted by Crippen LogP contribution is 2.19. The zero-order valence-electron chi connectivity index (χ0n) is 14.0. The SMILES string of the molecule is COC(=O)c1cc(C=CC(=O)Nc2nnc(CC(C)C)s2)oc1C. The van der Waals surface area contributed by atoms with Crippen LogP contribution < -0.4 is 5.32 Å². The Bertz CT molecular complexity index is 761. The van der Waals surface area contributed by atoms with Gasteiger partial charge in [0.2, 0.25) is 11.0 Å². The Hall–Kier alpha value is -2.48. The van der Waals surface area contributed by atoms with Crippen LogP contribution in [0, 0.1) is 12.8 Å². The van der Waals surface area contributed by atoms with E-state index < -0.39 is 5.97 Å². The highest BCUT2D eigenvalue weighted by Gasteiger charge is 2.14. The summed E-state index contributed by atoms with van der Waals surface area (Å²) in [5.41, 5.74) is 0.333. The Morgan fingerprint density at radius 2 is 2.17 bits per heavy atom. The Morgan fingerprint density at radius 1 is 1.42 bits per heavy atom. The van der Waals surface area contributed by atoms with Crippen LogP contribution in [0.15, 0.2) is 16.6 Å². The molecule has 0 radical (unpaired) electrons. The summed E-state index contributed by atoms with van der Waals surface area (Å²) in [4.78, 5) is 23.4. The van der Waals surface area contributed by atoms with Crippen LogP contribution in [0.3, 0.4) is 0 Å². The third kappa shape index (κ3) is 4.76. The van der Waals surface area contributed by atoms with Gasteiger partial charge in [0.25, 0.3) is 0 Å². The van der Waals surface area contributed by atoms with Gasteiger partial charge < -0.3 is 9.15 Å². The third-order valence-electron chi connectivity index (χ3n) is 3.02. The third-order valence-corrected chi connectivity index (χ3v) is 3.88. The minimum Gasteiger partial charge on any atom is -0.465 e. The maximum absolute atomic E-state index is 11.9. The van der Waals surface area contributed by atoms with Gasteiger partial charge in [0.1, 0.15) is 22.1 Å². The number of rotatable bonds is 6. The molecule has 0 aliphatic carbocycles. The highest BCUT2D eigenvalue weighted by molar-refractivity contribution is 7.15. The van der Waals surface area contributed by atoms with Crippen LogP contribution >= 0.6 is 11.3 Å². The number of nitrogens with zero attached hydrogens (tertiary/aromatic N) is 2. The molecule has 0 bridgehead atoms. The van der Waals surface area contributed by atoms with E-state index in [1.165, 1.54) is 36.7 Å². The van der Waals surface area contributed by atoms with Crippen molar-refractivity contribution < 1.29 is 18.7 Å². The van der Waals surface area contributed by atoms with Crippen molar-refractivity contribution >= 4 is 34.4 Å². The first-order valence-electron chi connectivity index (χ1n) is 7.39. The molecule has 0 aliphatic heterocycles. The molecule has 0 spiro atoms. The van der Waals surface area contributed by atoms with Crippen LogP contribution in [0.4, 0.5) is 5.13 Å². The number of carbonyl (C=O) groups excluding carboxylic acids is 2. The number of aryl methyl sites for hydroxylation is 1. The quantitative estimate of drug-likeness (QED) is 0.636. The van der Waals surface area contributed by atoms with Crippen LogP contribution in [-0.4, -0.2) is 29.2 Å². The highest BCUT2D eigenvalue weighted by atomic mass is 32.1. The molecule has 2 rings (SSSR count). The van der Waals surface area contributed by atoms with E-state index in [1.54, 1.807) is 6.92 Å². The summed E-state index contributed by atoms with van der Waals surface area (Å²) < 4.78 is 10.0. The van der Waals surface area contributed by atoms with E-state index in [9.17, 15) is 9.59 Å². The van der Waals surface area contributed by atoms with Crippen molar-refractivity contribution in [3.63, 3.8) is 0 Å². The molecule has 1 N–H and O–H groups in total. The minimum atomic E-state index is -0.480. The second-order valence-electron chi connectivity index (χ2n) is 5.53. The fraction of sp³-hybridized carbons (Fsp3) is 0.375. The predicted molar refractivity (Wildman–Crippen MR) is 90.9 cm³/mol. The van der Waals surface area contributed by atoms with Gasteiger partial charge in [-0.2, -0.15) is 0 Å². The van der Waals surface area contributed by atoms with Gasteiger partial charge in [-0.25, -0.2) is 4.79 Å². The van der Waals surface area contributed by atoms with Crippen molar-refractivity contribution in [3.8, 4) is 0 Å². The molecule has 0 fully saturated rings. The number of ether oxygens (including phenoxy) is 1. The number of amides is 1. The molecule has 2 aromatic heterocycles. The number of furan rings is 1. The van der Waals surface area contributed by atoms with Crippen LogP contribution in [0.2, 0.25) is 0 Å². The molecule has 0 unspecified atom stereocenters. The summed E-state index contributed by atoms with van der Waals surface area (Å²) in [5, 5.41) is 11.9. The summed E-state index contributed by atoms with van der Waals surface area (Å²) in [6.07, 6.45) is 3.61. The molecule has 1 amide bonds. The fourth-order valence-corrected chi connectivity index (χ4v) is 2.90. The zero-order valence-corrected chi connectivity index (χ0v) is 14.8. The van der Waals surface area contributed by atoms with E-state index in [-0.39, 0.29) is 5.91 Å². The molecule has 0 saturated heterocycles. The molecule has 0 atom stereocenters. The second kappa shape index (κ2) is 7.87. The van der Waals surface area contributed by atoms with Gasteiger partial charge in [-0.1, -0.05) is 25.2 Å². The lowest BCUT2D eigenvalue weighted by Crippen LogP contribution is -2.07. The summed E-state index contributed by atoms with van der Waals surface area (Å²) in [7, 11) is 1.30. The van der Waals surface area contributed by atoms with Crippen LogP contribution in [0.25, 0.3) is 6.08 Å². The number of carbonyl (C=O) groups is 2. The van der Waals surface area contributed by atoms with E-state index in [0.29, 0.717) is 28.1 Å². The Labute approximate surface area is 143 Å². The summed E-state index contributed by atoms with van der Waals surface area (Å²) >= 11 is 1.35. The maximum atomic E-state index is 11.9. The number of aromatic nitrogens is 2. The first kappa shape index (κ1) is 17.9. The molecule has 24 heavy (non-hydrogen) atoms. The Balaban J connectivity index is 1.98. The number of methoxy groups -OCH3 is 1. The van der Waals surface area contributed by atoms with E-state index in [4.69, 9.17) is 4.42 Å². The van der Waals surface area contributed by atoms with E-state index in [1.807, 2.05) is 0 Å². The smallest absolute Gasteiger partial charge is 0.341 e. The summed E-state index contributed by atoms with van der Waals surface area (Å²) in [5.74, 6) is 0.473. The topological polar surface area (TPSA) is 94.3 Å². The van der Waals surface area contributed by atoms with Crippen molar-refractivity contribution in [1.29, 1.82) is 0 Å². The first-order chi connectivity index (χ1) is 11.4. The predicted octanol–water partition coefficient (Wildman–Crippen LogP) is 3.08. The van der Waals surface area contributed by atoms with Gasteiger partial charge in [-0.3, -0.25) is 10.1 Å². The van der Waals surface area contributed by atoms with E-state index in [0.717, 1.165) is 11.4 Å². The number of anilines is 1. The molecular weight excluding hydrogens is 330 g/mol. The summed E-state index contributed by atoms with van der Waals surface area (Å²) in [6.45, 7) is 5.84. The monoisotopic (exact) mass is 349 g/mol. The number of nitrogens with one attached hydrogen (secondary N) is 1. The molecule has 2 heterocycles. The van der Waals surface area contributed by atoms with Crippen molar-refractivity contribution in [2.45, 2.75) is 27.2 Å². The van der Waals surface area contributed by atoms with Gasteiger partial charge in [0.05, 0.1) is 7.11 Å². The molecule has 128 valence electrons. The average molecular weight is 349 g/mol. The number of esters is 1. The van der Waals surface area contributed by atoms with Crippen LogP contribution in [-0.2, 0) is 16.0 Å². The van der Waals surface area contributed by atoms with Gasteiger partial charge in [0.15, 0.2) is 0 Å². The van der Waals surface area contributed by atoms with Crippen LogP contribution in [0.5, 0.6) is 0 Å². The van der Waals surface area contributed by atoms with Crippen molar-refractivity contribution in [1.82, 2.24) is 10.2 Å². The molecule has 0 aliphatic rings. The van der Waals surface area contributed by atoms with Gasteiger partial charge in [0, 0.05) is 12.5 Å². The molecule has 7 nitrogen and oxygen atoms in total. The zero-order chi connectivity index (χ0) is 17.7. The normalized spacial score (nSPS) is 11.2. The number of hydrogen-bond acceptors (Lipinski definition) is 7. The molecule has 0 aromatic carbocycles. The lowest BCUT2D eigenvalue weighted by molar-refractivity contribution is -0.111. The molecule has 0 saturated carbocycles. The minimum absolute atomic E-state index is 0.333. The molecular formula is C16H19N3O4S. The van der Waals surface area contributed by atoms with Crippen LogP contribution in [0.1, 0.15) is 40.7 Å². The summed E-state index contributed by atoms with van der Waals surface area (Å²) in [6, 6.07) is 1.52. The fourth-order valence-electron chi connectivity index (χ4n) is 1.94. The lowest BCUT2D eigenvalue weighted by atomic mass is 10.1. The Kier molecular flexibility index (Phi) is 5.86. The van der Waals surface area contributed by atoms with Crippen molar-refractivity contribution in [3.05, 3.63) is 34.2 Å². The van der Waals surface area contributed by atoms with Gasteiger partial charge in [-0.15, -0.1) is 10.2 Å². The van der Waals surface area contributed by atoms with E-state index in [2.05, 4.69) is 34.1 Å². The van der Waals surface area contributed by atoms with E-state index >= 15 is 0 Å². The van der Waals surface area contributed by atoms with Gasteiger partial charge >= 0.3 is 5.97 Å². The Morgan fingerprint density at radius 3 is 2.83 bits per heavy atom. The van der Waals surface area contributed by atoms with Gasteiger partial charge in [-0.05, 0) is 25.0 Å². The number of hydrogen-bond donors (Lipinski definition) is 1. The molecule has 8 heteroatoms.